The van der Waals surface area contributed by atoms with Crippen LogP contribution in [0.5, 0.6) is 0 Å². The van der Waals surface area contributed by atoms with Gasteiger partial charge >= 0.3 is 42.6 Å². The summed E-state index contributed by atoms with van der Waals surface area (Å²) in [6.07, 6.45) is 23.3. The van der Waals surface area contributed by atoms with Crippen LogP contribution in [0.25, 0.3) is 100 Å². The molecule has 16 heterocycles. The number of nitrogens with one attached hydrogen (secondary N) is 4. The number of carbonyl (C=O) groups excluding carboxylic acids is 6. The Morgan fingerprint density at radius 2 is 0.852 bits per heavy atom. The van der Waals surface area contributed by atoms with Gasteiger partial charge in [-0.1, -0.05) is 104 Å². The van der Waals surface area contributed by atoms with Crippen molar-refractivity contribution in [2.75, 3.05) is 46.0 Å². The van der Waals surface area contributed by atoms with E-state index in [0.29, 0.717) is 141 Å². The molecule has 0 bridgehead atoms. The molecule has 1 fully saturated rings. The van der Waals surface area contributed by atoms with E-state index < -0.39 is 24.8 Å². The van der Waals surface area contributed by atoms with E-state index in [1.165, 1.54) is 56.9 Å². The van der Waals surface area contributed by atoms with Gasteiger partial charge in [0.15, 0.2) is 34.6 Å². The number of carboxylic acid groups (broad SMARTS) is 1. The molecule has 34 nitrogen and oxygen atoms in total. The molecule has 0 aliphatic carbocycles. The van der Waals surface area contributed by atoms with Crippen LogP contribution in [0.2, 0.25) is 0 Å². The zero-order valence-electron chi connectivity index (χ0n) is 75.6. The number of rotatable bonds is 13. The fourth-order valence-electron chi connectivity index (χ4n) is 13.3. The van der Waals surface area contributed by atoms with E-state index in [1.807, 2.05) is 79.5 Å². The number of benzene rings is 6. The number of alkyl halides is 1. The molecule has 14 aromatic heterocycles. The van der Waals surface area contributed by atoms with Gasteiger partial charge in [0.2, 0.25) is 0 Å². The Morgan fingerprint density at radius 1 is 0.451 bits per heavy atom. The van der Waals surface area contributed by atoms with Crippen LogP contribution in [0.4, 0.5) is 28.4 Å². The predicted octanol–water partition coefficient (Wildman–Crippen LogP) is 18.2. The third kappa shape index (κ3) is 29.5. The van der Waals surface area contributed by atoms with E-state index in [0.717, 1.165) is 53.3 Å². The number of fused-ring (bicyclic) bond motifs is 6. The Morgan fingerprint density at radius 3 is 1.23 bits per heavy atom. The first-order valence-corrected chi connectivity index (χ1v) is 46.2. The summed E-state index contributed by atoms with van der Waals surface area (Å²) in [5, 5.41) is 58.0. The average Bonchev–Trinajstić information content (AvgIpc) is 1.16. The first-order chi connectivity index (χ1) is 67.9. The van der Waals surface area contributed by atoms with Gasteiger partial charge < -0.3 is 79.7 Å². The minimum Gasteiger partial charge on any atom is -0.870 e. The molecule has 0 spiro atoms. The Balaban J connectivity index is 0.000000158. The molecular weight excluding hydrogens is 2090 g/mol. The Hall–Kier alpha value is -15.5. The largest absolute Gasteiger partial charge is 1.00 e. The second-order valence-electron chi connectivity index (χ2n) is 29.6. The summed E-state index contributed by atoms with van der Waals surface area (Å²) in [4.78, 5) is 117. The number of furan rings is 5. The molecule has 4 amide bonds. The van der Waals surface area contributed by atoms with Crippen molar-refractivity contribution in [3.63, 3.8) is 0 Å². The summed E-state index contributed by atoms with van der Waals surface area (Å²) in [6, 6.07) is 72.2. The van der Waals surface area contributed by atoms with E-state index in [2.05, 4.69) is 135 Å². The molecule has 0 unspecified atom stereocenters. The predicted molar refractivity (Wildman–Crippen MR) is 547 cm³/mol. The number of Topliss-reactive ketones (excluding diaryl/α,β-unsaturated/α-hetero) is 2. The molecule has 2 aliphatic rings. The average molecular weight is 2170 g/mol. The number of nitrogens with zero attached hydrogens (tertiary/aromatic N) is 11. The maximum Gasteiger partial charge on any atom is 1.00 e. The number of halogens is 4. The van der Waals surface area contributed by atoms with Crippen LogP contribution >= 0.6 is 63.7 Å². The molecule has 20 aromatic rings. The van der Waals surface area contributed by atoms with Crippen molar-refractivity contribution in [3.8, 4) is 45.8 Å². The van der Waals surface area contributed by atoms with Crippen molar-refractivity contribution < 1.29 is 116 Å². The number of anilines is 5. The van der Waals surface area contributed by atoms with Crippen molar-refractivity contribution in [3.05, 3.63) is 382 Å². The quantitative estimate of drug-likeness (QED) is 0.0170. The van der Waals surface area contributed by atoms with Crippen molar-refractivity contribution in [2.45, 2.75) is 26.7 Å². The van der Waals surface area contributed by atoms with Crippen molar-refractivity contribution in [1.29, 1.82) is 0 Å². The molecule has 40 heteroatoms. The number of nitrogens with two attached hydrogens (primary N) is 1. The summed E-state index contributed by atoms with van der Waals surface area (Å²) in [6.45, 7) is 5.46. The topological polar surface area (TPSA) is 513 Å². The molecule has 2 aliphatic heterocycles. The van der Waals surface area contributed by atoms with Crippen LogP contribution in [0.1, 0.15) is 87.7 Å². The molecule has 6 aromatic carbocycles. The van der Waals surface area contributed by atoms with Crippen LogP contribution in [0, 0.1) is 6.92 Å². The van der Waals surface area contributed by atoms with Crippen LogP contribution in [0.3, 0.4) is 0 Å². The second kappa shape index (κ2) is 53.0. The number of carbonyl (C=O) groups is 7. The van der Waals surface area contributed by atoms with Crippen molar-refractivity contribution in [2.24, 2.45) is 0 Å². The van der Waals surface area contributed by atoms with Gasteiger partial charge in [-0.05, 0) is 255 Å². The summed E-state index contributed by atoms with van der Waals surface area (Å²) < 4.78 is 33.7. The van der Waals surface area contributed by atoms with E-state index in [4.69, 9.17) is 37.8 Å². The number of aryl methyl sites for hydroxylation is 1. The number of aromatic nitrogens is 11. The summed E-state index contributed by atoms with van der Waals surface area (Å²) >= 11 is 12.9. The number of ether oxygens (including phenoxy) is 1. The van der Waals surface area contributed by atoms with E-state index >= 15 is 0 Å². The third-order valence-corrected chi connectivity index (χ3v) is 21.3. The smallest absolute Gasteiger partial charge is 0.870 e. The standard InChI is InChI=1S/C20H15N3O2.C19H14BN3O4.C19H12BrN3O2.C14H8BrNO3.C8H4BrNO2.C6H5N3O.C6H6O2.C5H6N2.C4H8O.CH3Br.Na.H2O/c1-13-6-7-17-15(10-13)16(11-18(23-17)19-5-3-9-25-19)20(24)22-14-4-2-8-21-12-14;24-19(22-13-3-1-7-21-11-13)15-10-17(18-4-2-8-27-18)23-16-6-5-12(20(25)26)9-14(15)16;20-12-5-6-16-14(9-12)15(10-17(23-16)18-4-2-8-25-18)19(24)22-13-3-1-7-21-11-13;15-8-3-4-11-9(6-8)10(14(17)18)7-12(16-11)13-2-1-5-19-13;9-4-1-2-6-5(3-4)7(11)8(12)10-6;10-9-6-4-2-1-3-5(6)7-8-9;1-5(7)6-3-2-4-8-6;6-5-2-1-3-7-4-5;1-2-4-5-3-1;1-2;;/h2-12H,1H3,(H,22,24);1-11,25-26H,(H,22,24);1-11H,(H,22,24);1-7H,(H,17,18);1-3H,(H,10,11,12);1-4,10H;2-4H,1H3;1-4H,6H2;1-4H2;1H3;;1H2/q;;;;;;;;;;+1;/p-1. The summed E-state index contributed by atoms with van der Waals surface area (Å²) in [5.74, 6) is 1.70. The summed E-state index contributed by atoms with van der Waals surface area (Å²) in [7, 11) is -1.65. The number of ketones is 2. The second-order valence-corrected chi connectivity index (χ2v) is 32.3. The molecule has 22 rings (SSSR count). The SMILES string of the molecule is C1CCOC1.CBr.CC(=O)c1ccco1.Cc1ccc2nc(-c3ccco3)cc(C(=O)Nc3cccnc3)c2c1.Nc1cccnc1.O=C(Nc1cccnc1)c1cc(-c2ccco2)nc2ccc(B(O)O)cc12.O=C(Nc1cccnc1)c1cc(-c2ccco2)nc2ccc(Br)cc12.O=C(O)c1cc(-c2ccco2)nc2ccc(Br)cc12.O=C1Nc2ccc(Br)cc2C1=O.On1nnc2ccccc21.[Na+].[OH-]. The van der Waals surface area contributed by atoms with Gasteiger partial charge in [-0.25, -0.2) is 24.7 Å². The molecule has 0 saturated carbocycles. The molecule has 0 atom stereocenters. The first-order valence-electron chi connectivity index (χ1n) is 42.2. The number of aromatic carboxylic acids is 1. The van der Waals surface area contributed by atoms with E-state index in [9.17, 15) is 48.7 Å². The number of pyridine rings is 8. The number of nitrogen functional groups attached to an aromatic ring is 1. The maximum atomic E-state index is 12.9. The van der Waals surface area contributed by atoms with Gasteiger partial charge in [0, 0.05) is 86.1 Å². The van der Waals surface area contributed by atoms with Gasteiger partial charge in [-0.2, -0.15) is 0 Å². The fourth-order valence-corrected chi connectivity index (χ4v) is 14.4. The Labute approximate surface area is 864 Å². The van der Waals surface area contributed by atoms with Crippen LogP contribution in [-0.4, -0.2) is 148 Å². The van der Waals surface area contributed by atoms with Crippen LogP contribution in [-0.2, 0) is 9.53 Å². The minimum atomic E-state index is -1.65. The summed E-state index contributed by atoms with van der Waals surface area (Å²) in [5.41, 5.74) is 18.0. The zero-order chi connectivity index (χ0) is 99.0. The molecular formula is C102H82BBr4N16NaO18. The van der Waals surface area contributed by atoms with Gasteiger partial charge in [0.25, 0.3) is 29.4 Å². The normalized spacial score (nSPS) is 11.0. The Bertz CT molecular complexity index is 7450. The van der Waals surface area contributed by atoms with E-state index in [-0.39, 0.29) is 69.6 Å². The Kier molecular flexibility index (Phi) is 39.9. The number of carboxylic acids is 1. The van der Waals surface area contributed by atoms with E-state index in [1.54, 1.807) is 226 Å². The van der Waals surface area contributed by atoms with Crippen LogP contribution < -0.4 is 62.0 Å². The number of hydrogen-bond donors (Lipinski definition) is 9. The third-order valence-electron chi connectivity index (χ3n) is 19.8. The fraction of sp³-hybridized carbons (Fsp3) is 0.0686. The van der Waals surface area contributed by atoms with Crippen molar-refractivity contribution >= 4 is 201 Å². The van der Waals surface area contributed by atoms with Crippen LogP contribution in [0.15, 0.2) is 365 Å². The van der Waals surface area contributed by atoms with Gasteiger partial charge in [0.05, 0.1) is 128 Å². The number of amides is 4. The first kappa shape index (κ1) is 107. The molecule has 11 N–H and O–H groups in total. The van der Waals surface area contributed by atoms with Gasteiger partial charge in [0.1, 0.15) is 33.8 Å². The maximum absolute atomic E-state index is 12.9. The van der Waals surface area contributed by atoms with Crippen molar-refractivity contribution in [1.82, 2.24) is 55.0 Å². The molecule has 0 radical (unpaired) electrons. The molecule has 142 heavy (non-hydrogen) atoms. The number of para-hydroxylation sites is 1. The van der Waals surface area contributed by atoms with Gasteiger partial charge in [-0.3, -0.25) is 48.7 Å². The van der Waals surface area contributed by atoms with Gasteiger partial charge in [-0.15, -0.1) is 5.10 Å². The molecule has 1 saturated heterocycles. The minimum absolute atomic E-state index is 0. The molecule has 710 valence electrons. The number of hydrogen-bond acceptors (Lipinski definition) is 28. The monoisotopic (exact) mass is 2170 g/mol. The zero-order valence-corrected chi connectivity index (χ0v) is 84.0.